The van der Waals surface area contributed by atoms with Crippen molar-refractivity contribution in [2.24, 2.45) is 0 Å². The Morgan fingerprint density at radius 2 is 1.48 bits per heavy atom. The summed E-state index contributed by atoms with van der Waals surface area (Å²) in [5, 5.41) is 13.6. The van der Waals surface area contributed by atoms with Gasteiger partial charge in [-0.1, -0.05) is 59.6 Å². The Morgan fingerprint density at radius 1 is 0.806 bits per heavy atom. The molecule has 0 unspecified atom stereocenters. The number of piperidine rings is 1. The van der Waals surface area contributed by atoms with Crippen LogP contribution in [-0.4, -0.2) is 28.2 Å². The highest BCUT2D eigenvalue weighted by molar-refractivity contribution is 6.33. The summed E-state index contributed by atoms with van der Waals surface area (Å²) in [6.45, 7) is 1.37. The number of benzene rings is 3. The van der Waals surface area contributed by atoms with Gasteiger partial charge in [-0.05, 0) is 54.8 Å². The van der Waals surface area contributed by atoms with Gasteiger partial charge in [-0.3, -0.25) is 0 Å². The Bertz CT molecular complexity index is 1240. The maximum Gasteiger partial charge on any atom is 0.163 e. The third-order valence-electron chi connectivity index (χ3n) is 5.97. The van der Waals surface area contributed by atoms with Gasteiger partial charge in [0.05, 0.1) is 16.1 Å². The van der Waals surface area contributed by atoms with Gasteiger partial charge in [0, 0.05) is 29.1 Å². The smallest absolute Gasteiger partial charge is 0.163 e. The maximum absolute atomic E-state index is 11.3. The van der Waals surface area contributed by atoms with E-state index in [4.69, 9.17) is 33.2 Å². The van der Waals surface area contributed by atoms with E-state index in [1.165, 1.54) is 0 Å². The second-order valence-corrected chi connectivity index (χ2v) is 8.74. The third kappa shape index (κ3) is 3.87. The largest absolute Gasteiger partial charge is 0.385 e. The van der Waals surface area contributed by atoms with Crippen molar-refractivity contribution in [2.45, 2.75) is 18.4 Å². The van der Waals surface area contributed by atoms with E-state index in [-0.39, 0.29) is 0 Å². The van der Waals surface area contributed by atoms with Crippen molar-refractivity contribution in [3.8, 4) is 11.4 Å². The van der Waals surface area contributed by atoms with Crippen LogP contribution in [0, 0.1) is 0 Å². The fraction of sp³-hybridized carbons (Fsp3) is 0.200. The Kier molecular flexibility index (Phi) is 5.30. The number of hydrogen-bond donors (Lipinski definition) is 1. The second-order valence-electron chi connectivity index (χ2n) is 7.89. The summed E-state index contributed by atoms with van der Waals surface area (Å²) >= 11 is 12.4. The van der Waals surface area contributed by atoms with Crippen molar-refractivity contribution in [3.63, 3.8) is 0 Å². The number of para-hydroxylation sites is 1. The monoisotopic (exact) mass is 449 g/mol. The lowest BCUT2D eigenvalue weighted by Gasteiger charge is -2.39. The van der Waals surface area contributed by atoms with Crippen LogP contribution < -0.4 is 4.90 Å². The molecule has 0 aliphatic carbocycles. The quantitative estimate of drug-likeness (QED) is 0.410. The van der Waals surface area contributed by atoms with Crippen LogP contribution in [-0.2, 0) is 5.60 Å². The van der Waals surface area contributed by atoms with Crippen LogP contribution in [0.4, 0.5) is 5.82 Å². The van der Waals surface area contributed by atoms with Crippen molar-refractivity contribution >= 4 is 39.9 Å². The average Bonchev–Trinajstić information content (AvgIpc) is 2.80. The van der Waals surface area contributed by atoms with Gasteiger partial charge in [0.15, 0.2) is 5.82 Å². The molecule has 5 rings (SSSR count). The molecule has 4 aromatic rings. The summed E-state index contributed by atoms with van der Waals surface area (Å²) in [4.78, 5) is 11.9. The fourth-order valence-electron chi connectivity index (χ4n) is 4.20. The van der Waals surface area contributed by atoms with Crippen LogP contribution >= 0.6 is 23.2 Å². The second kappa shape index (κ2) is 8.12. The minimum absolute atomic E-state index is 0.606. The van der Waals surface area contributed by atoms with E-state index in [0.717, 1.165) is 27.8 Å². The molecule has 0 bridgehead atoms. The minimum Gasteiger partial charge on any atom is -0.385 e. The fourth-order valence-corrected chi connectivity index (χ4v) is 4.55. The first-order chi connectivity index (χ1) is 15.0. The number of anilines is 1. The number of aliphatic hydroxyl groups is 1. The molecule has 0 saturated carbocycles. The number of aromatic nitrogens is 2. The lowest BCUT2D eigenvalue weighted by atomic mass is 9.84. The summed E-state index contributed by atoms with van der Waals surface area (Å²) in [6, 6.07) is 23.1. The van der Waals surface area contributed by atoms with Gasteiger partial charge in [0.25, 0.3) is 0 Å². The van der Waals surface area contributed by atoms with Crippen molar-refractivity contribution in [1.82, 2.24) is 9.97 Å². The molecule has 156 valence electrons. The Balaban J connectivity index is 1.50. The molecule has 1 aromatic heterocycles. The molecule has 1 aliphatic heterocycles. The van der Waals surface area contributed by atoms with E-state index < -0.39 is 5.60 Å². The molecule has 1 fully saturated rings. The number of halogens is 2. The maximum atomic E-state index is 11.3. The van der Waals surface area contributed by atoms with Gasteiger partial charge in [0.2, 0.25) is 0 Å². The summed E-state index contributed by atoms with van der Waals surface area (Å²) in [6.07, 6.45) is 1.21. The Morgan fingerprint density at radius 3 is 2.23 bits per heavy atom. The van der Waals surface area contributed by atoms with E-state index >= 15 is 0 Å². The van der Waals surface area contributed by atoms with E-state index in [0.29, 0.717) is 41.8 Å². The van der Waals surface area contributed by atoms with Gasteiger partial charge in [-0.15, -0.1) is 0 Å². The van der Waals surface area contributed by atoms with Crippen LogP contribution in [0.2, 0.25) is 10.0 Å². The van der Waals surface area contributed by atoms with Crippen molar-refractivity contribution in [3.05, 3.63) is 88.4 Å². The molecule has 0 spiro atoms. The summed E-state index contributed by atoms with van der Waals surface area (Å²) in [5.41, 5.74) is 1.72. The normalized spacial score (nSPS) is 15.9. The van der Waals surface area contributed by atoms with Crippen LogP contribution in [0.1, 0.15) is 18.4 Å². The lowest BCUT2D eigenvalue weighted by molar-refractivity contribution is 0.0117. The van der Waals surface area contributed by atoms with Crippen LogP contribution in [0.15, 0.2) is 72.8 Å². The van der Waals surface area contributed by atoms with Crippen LogP contribution in [0.5, 0.6) is 0 Å². The van der Waals surface area contributed by atoms with Crippen LogP contribution in [0.3, 0.4) is 0 Å². The van der Waals surface area contributed by atoms with Gasteiger partial charge in [-0.2, -0.15) is 0 Å². The van der Waals surface area contributed by atoms with E-state index in [9.17, 15) is 5.11 Å². The Labute approximate surface area is 191 Å². The number of nitrogens with zero attached hydrogens (tertiary/aromatic N) is 3. The highest BCUT2D eigenvalue weighted by Crippen LogP contribution is 2.37. The first-order valence-electron chi connectivity index (χ1n) is 10.3. The first kappa shape index (κ1) is 20.3. The summed E-state index contributed by atoms with van der Waals surface area (Å²) in [7, 11) is 0. The number of fused-ring (bicyclic) bond motifs is 1. The zero-order chi connectivity index (χ0) is 21.4. The van der Waals surface area contributed by atoms with E-state index in [2.05, 4.69) is 4.90 Å². The highest BCUT2D eigenvalue weighted by atomic mass is 35.5. The predicted molar refractivity (Wildman–Crippen MR) is 127 cm³/mol. The molecule has 0 amide bonds. The zero-order valence-corrected chi connectivity index (χ0v) is 18.3. The molecule has 0 atom stereocenters. The summed E-state index contributed by atoms with van der Waals surface area (Å²) in [5.74, 6) is 1.48. The number of hydrogen-bond acceptors (Lipinski definition) is 4. The highest BCUT2D eigenvalue weighted by Gasteiger charge is 2.35. The number of rotatable bonds is 3. The van der Waals surface area contributed by atoms with E-state index in [1.807, 2.05) is 72.8 Å². The van der Waals surface area contributed by atoms with Crippen molar-refractivity contribution in [1.29, 1.82) is 0 Å². The topological polar surface area (TPSA) is 49.2 Å². The average molecular weight is 450 g/mol. The van der Waals surface area contributed by atoms with Crippen molar-refractivity contribution in [2.75, 3.05) is 18.0 Å². The van der Waals surface area contributed by atoms with Crippen LogP contribution in [0.25, 0.3) is 22.3 Å². The Hall–Kier alpha value is -2.66. The van der Waals surface area contributed by atoms with Gasteiger partial charge in [0.1, 0.15) is 5.82 Å². The standard InChI is InChI=1S/C25H21Cl2N3O/c26-18-11-9-17(10-12-18)25(31)13-15-30(16-14-25)24-20-6-2-4-8-22(20)28-23(29-24)19-5-1-3-7-21(19)27/h1-12,31H,13-16H2. The SMILES string of the molecule is OC1(c2ccc(Cl)cc2)CCN(c2nc(-c3ccccc3Cl)nc3ccccc23)CC1. The molecule has 2 heterocycles. The molecule has 6 heteroatoms. The van der Waals surface area contributed by atoms with Crippen molar-refractivity contribution < 1.29 is 5.11 Å². The molecule has 1 saturated heterocycles. The molecule has 0 radical (unpaired) electrons. The zero-order valence-electron chi connectivity index (χ0n) is 16.8. The molecular formula is C25H21Cl2N3O. The van der Waals surface area contributed by atoms with E-state index in [1.54, 1.807) is 0 Å². The lowest BCUT2D eigenvalue weighted by Crippen LogP contribution is -2.43. The third-order valence-corrected chi connectivity index (χ3v) is 6.55. The van der Waals surface area contributed by atoms with Gasteiger partial charge in [-0.25, -0.2) is 9.97 Å². The molecule has 4 nitrogen and oxygen atoms in total. The van der Waals surface area contributed by atoms with Gasteiger partial charge < -0.3 is 10.0 Å². The molecule has 3 aromatic carbocycles. The molecular weight excluding hydrogens is 429 g/mol. The first-order valence-corrected chi connectivity index (χ1v) is 11.0. The van der Waals surface area contributed by atoms with Gasteiger partial charge >= 0.3 is 0 Å². The summed E-state index contributed by atoms with van der Waals surface area (Å²) < 4.78 is 0. The predicted octanol–water partition coefficient (Wildman–Crippen LogP) is 6.09. The minimum atomic E-state index is -0.866. The molecule has 1 N–H and O–H groups in total. The molecule has 31 heavy (non-hydrogen) atoms. The molecule has 1 aliphatic rings.